The Bertz CT molecular complexity index is 1610. The third-order valence-corrected chi connectivity index (χ3v) is 5.51. The fraction of sp³-hybridized carbons (Fsp3) is 0.0741. The minimum atomic E-state index is -1.16. The first-order valence-corrected chi connectivity index (χ1v) is 11.2. The van der Waals surface area contributed by atoms with E-state index < -0.39 is 23.9 Å². The Morgan fingerprint density at radius 2 is 1.51 bits per heavy atom. The fourth-order valence-corrected chi connectivity index (χ4v) is 3.67. The number of furan rings is 2. The Morgan fingerprint density at radius 3 is 2.14 bits per heavy atom. The van der Waals surface area contributed by atoms with Crippen LogP contribution in [-0.4, -0.2) is 33.9 Å². The summed E-state index contributed by atoms with van der Waals surface area (Å²) in [6.07, 6.45) is 1.90. The molecular weight excluding hydrogens is 476 g/mol. The van der Waals surface area contributed by atoms with Gasteiger partial charge in [0.15, 0.2) is 17.6 Å². The first-order valence-electron chi connectivity index (χ1n) is 11.2. The Morgan fingerprint density at radius 1 is 0.865 bits per heavy atom. The molecule has 0 bridgehead atoms. The molecule has 2 aromatic carbocycles. The van der Waals surface area contributed by atoms with Gasteiger partial charge in [0.2, 0.25) is 0 Å². The zero-order valence-electron chi connectivity index (χ0n) is 19.5. The Hall–Kier alpha value is -5.25. The van der Waals surface area contributed by atoms with Gasteiger partial charge in [0, 0.05) is 0 Å². The van der Waals surface area contributed by atoms with Gasteiger partial charge in [-0.25, -0.2) is 14.8 Å². The monoisotopic (exact) mass is 496 g/mol. The molecule has 0 saturated carbocycles. The minimum Gasteiger partial charge on any atom is -0.463 e. The summed E-state index contributed by atoms with van der Waals surface area (Å²) in [7, 11) is 0. The number of benzene rings is 2. The number of nitrogens with one attached hydrogen (secondary N) is 1. The largest absolute Gasteiger partial charge is 0.463 e. The number of esters is 1. The maximum Gasteiger partial charge on any atom is 0.338 e. The maximum absolute atomic E-state index is 12.8. The van der Waals surface area contributed by atoms with Gasteiger partial charge in [0.25, 0.3) is 11.8 Å². The Labute approximate surface area is 210 Å². The lowest BCUT2D eigenvalue weighted by atomic mass is 10.1. The van der Waals surface area contributed by atoms with Crippen LogP contribution in [0.3, 0.4) is 0 Å². The van der Waals surface area contributed by atoms with Crippen molar-refractivity contribution < 1.29 is 28.0 Å². The lowest BCUT2D eigenvalue weighted by molar-refractivity contribution is -0.123. The van der Waals surface area contributed by atoms with E-state index in [4.69, 9.17) is 19.3 Å². The summed E-state index contributed by atoms with van der Waals surface area (Å²) >= 11 is 0. The van der Waals surface area contributed by atoms with E-state index in [-0.39, 0.29) is 16.8 Å². The van der Waals surface area contributed by atoms with E-state index >= 15 is 0 Å². The predicted molar refractivity (Wildman–Crippen MR) is 133 cm³/mol. The zero-order valence-corrected chi connectivity index (χ0v) is 19.5. The van der Waals surface area contributed by atoms with Gasteiger partial charge >= 0.3 is 5.97 Å². The van der Waals surface area contributed by atoms with Crippen LogP contribution in [0.15, 0.2) is 88.1 Å². The topological polar surface area (TPSA) is 151 Å². The van der Waals surface area contributed by atoms with Crippen LogP contribution in [0.1, 0.15) is 27.6 Å². The van der Waals surface area contributed by atoms with E-state index in [2.05, 4.69) is 15.3 Å². The molecule has 3 aromatic heterocycles. The number of nitrogens with zero attached hydrogens (tertiary/aromatic N) is 2. The normalized spacial score (nSPS) is 11.7. The van der Waals surface area contributed by atoms with Crippen molar-refractivity contribution in [3.05, 3.63) is 90.4 Å². The highest BCUT2D eigenvalue weighted by molar-refractivity contribution is 6.04. The number of hydrogen-bond acceptors (Lipinski definition) is 8. The van der Waals surface area contributed by atoms with Crippen molar-refractivity contribution in [3.63, 3.8) is 0 Å². The summed E-state index contributed by atoms with van der Waals surface area (Å²) in [4.78, 5) is 46.4. The molecular formula is C27H20N4O6. The highest BCUT2D eigenvalue weighted by Crippen LogP contribution is 2.31. The van der Waals surface area contributed by atoms with E-state index in [1.165, 1.54) is 43.7 Å². The first kappa shape index (κ1) is 23.5. The number of para-hydroxylation sites is 1. The van der Waals surface area contributed by atoms with Gasteiger partial charge in [0.05, 0.1) is 40.4 Å². The van der Waals surface area contributed by atoms with E-state index in [0.29, 0.717) is 33.9 Å². The summed E-state index contributed by atoms with van der Waals surface area (Å²) in [6, 6.07) is 18.0. The van der Waals surface area contributed by atoms with Gasteiger partial charge in [-0.15, -0.1) is 0 Å². The molecule has 0 aliphatic rings. The van der Waals surface area contributed by atoms with Crippen molar-refractivity contribution in [2.45, 2.75) is 13.0 Å². The second-order valence-electron chi connectivity index (χ2n) is 8.03. The zero-order chi connectivity index (χ0) is 25.9. The lowest BCUT2D eigenvalue weighted by Gasteiger charge is -2.15. The lowest BCUT2D eigenvalue weighted by Crippen LogP contribution is -2.31. The van der Waals surface area contributed by atoms with Gasteiger partial charge in [-0.1, -0.05) is 12.1 Å². The molecule has 2 amide bonds. The highest BCUT2D eigenvalue weighted by Gasteiger charge is 2.22. The molecule has 0 fully saturated rings. The quantitative estimate of drug-likeness (QED) is 0.314. The molecule has 0 aliphatic heterocycles. The van der Waals surface area contributed by atoms with Crippen LogP contribution in [0.5, 0.6) is 0 Å². The molecule has 0 radical (unpaired) electrons. The third-order valence-electron chi connectivity index (χ3n) is 5.51. The Balaban J connectivity index is 1.39. The molecule has 1 unspecified atom stereocenters. The van der Waals surface area contributed by atoms with Crippen LogP contribution in [0.25, 0.3) is 33.9 Å². The van der Waals surface area contributed by atoms with Crippen LogP contribution in [0.2, 0.25) is 0 Å². The molecule has 10 heteroatoms. The summed E-state index contributed by atoms with van der Waals surface area (Å²) < 4.78 is 16.4. The highest BCUT2D eigenvalue weighted by atomic mass is 16.5. The summed E-state index contributed by atoms with van der Waals surface area (Å²) in [5, 5.41) is 2.56. The van der Waals surface area contributed by atoms with Crippen molar-refractivity contribution in [2.75, 3.05) is 5.32 Å². The number of anilines is 1. The number of amides is 2. The number of fused-ring (bicyclic) bond motifs is 1. The average molecular weight is 496 g/mol. The van der Waals surface area contributed by atoms with Crippen LogP contribution in [0, 0.1) is 0 Å². The fourth-order valence-electron chi connectivity index (χ4n) is 3.67. The summed E-state index contributed by atoms with van der Waals surface area (Å²) in [6.45, 7) is 1.42. The van der Waals surface area contributed by atoms with E-state index in [1.54, 1.807) is 42.5 Å². The van der Waals surface area contributed by atoms with Crippen LogP contribution < -0.4 is 11.1 Å². The van der Waals surface area contributed by atoms with E-state index in [1.807, 2.05) is 0 Å². The summed E-state index contributed by atoms with van der Waals surface area (Å²) in [5.74, 6) is -1.05. The maximum atomic E-state index is 12.8. The molecule has 37 heavy (non-hydrogen) atoms. The molecule has 3 heterocycles. The molecule has 0 spiro atoms. The third kappa shape index (κ3) is 4.80. The number of aromatic nitrogens is 2. The molecule has 10 nitrogen and oxygen atoms in total. The van der Waals surface area contributed by atoms with Crippen LogP contribution in [0.4, 0.5) is 5.69 Å². The number of rotatable bonds is 7. The number of carbonyl (C=O) groups excluding carboxylic acids is 3. The second-order valence-corrected chi connectivity index (χ2v) is 8.03. The molecule has 0 saturated heterocycles. The summed E-state index contributed by atoms with van der Waals surface area (Å²) in [5.41, 5.74) is 7.77. The van der Waals surface area contributed by atoms with Gasteiger partial charge in [0.1, 0.15) is 11.4 Å². The van der Waals surface area contributed by atoms with Crippen molar-refractivity contribution in [2.24, 2.45) is 5.73 Å². The smallest absolute Gasteiger partial charge is 0.338 e. The number of nitrogens with two attached hydrogens (primary N) is 1. The number of hydrogen-bond donors (Lipinski definition) is 2. The second kappa shape index (κ2) is 9.78. The Kier molecular flexibility index (Phi) is 6.21. The minimum absolute atomic E-state index is 0.142. The van der Waals surface area contributed by atoms with Gasteiger partial charge in [-0.05, 0) is 61.5 Å². The van der Waals surface area contributed by atoms with Crippen LogP contribution in [-0.2, 0) is 9.53 Å². The molecule has 5 aromatic rings. The molecule has 5 rings (SSSR count). The van der Waals surface area contributed by atoms with Crippen LogP contribution >= 0.6 is 0 Å². The average Bonchev–Trinajstić information content (AvgIpc) is 3.62. The number of ether oxygens (including phenoxy) is 1. The predicted octanol–water partition coefficient (Wildman–Crippen LogP) is 4.43. The van der Waals surface area contributed by atoms with Crippen molar-refractivity contribution in [1.29, 1.82) is 0 Å². The van der Waals surface area contributed by atoms with Gasteiger partial charge < -0.3 is 24.6 Å². The van der Waals surface area contributed by atoms with Gasteiger partial charge in [-0.3, -0.25) is 9.59 Å². The molecule has 0 aliphatic carbocycles. The van der Waals surface area contributed by atoms with E-state index in [0.717, 1.165) is 0 Å². The number of primary amides is 1. The van der Waals surface area contributed by atoms with Crippen molar-refractivity contribution in [1.82, 2.24) is 9.97 Å². The van der Waals surface area contributed by atoms with E-state index in [9.17, 15) is 14.4 Å². The molecule has 3 N–H and O–H groups in total. The van der Waals surface area contributed by atoms with Crippen molar-refractivity contribution in [3.8, 4) is 22.9 Å². The van der Waals surface area contributed by atoms with Gasteiger partial charge in [-0.2, -0.15) is 0 Å². The first-order chi connectivity index (χ1) is 17.9. The SMILES string of the molecule is CC(OC(=O)c1ccc2nc(-c3ccco3)c(-c3ccco3)nc2c1)C(=O)Nc1ccccc1C(N)=O. The number of carbonyl (C=O) groups is 3. The standard InChI is InChI=1S/C27H20N4O6/c1-15(26(33)31-18-7-3-2-6-17(18)25(28)32)37-27(34)16-10-11-19-20(14-16)30-24(22-9-5-13-36-22)23(29-19)21-8-4-12-35-21/h2-15H,1H3,(H2,28,32)(H,31,33). The molecule has 1 atom stereocenters. The molecule has 184 valence electrons. The van der Waals surface area contributed by atoms with Crippen molar-refractivity contribution >= 4 is 34.5 Å².